The van der Waals surface area contributed by atoms with Crippen molar-refractivity contribution < 1.29 is 49.0 Å². The molecule has 8 rings (SSSR count). The van der Waals surface area contributed by atoms with Gasteiger partial charge >= 0.3 is 120 Å². The van der Waals surface area contributed by atoms with Gasteiger partial charge in [-0.2, -0.15) is 28.8 Å². The molecule has 0 aliphatic heterocycles. The molecule has 3 aliphatic rings. The Labute approximate surface area is 368 Å². The van der Waals surface area contributed by atoms with E-state index in [1.165, 1.54) is 118 Å². The van der Waals surface area contributed by atoms with Crippen molar-refractivity contribution in [3.8, 4) is 11.1 Å². The van der Waals surface area contributed by atoms with Crippen molar-refractivity contribution in [1.29, 1.82) is 0 Å². The summed E-state index contributed by atoms with van der Waals surface area (Å²) in [6.07, 6.45) is 9.60. The van der Waals surface area contributed by atoms with Crippen molar-refractivity contribution in [2.24, 2.45) is 0 Å². The van der Waals surface area contributed by atoms with Gasteiger partial charge in [0.1, 0.15) is 0 Å². The van der Waals surface area contributed by atoms with Crippen molar-refractivity contribution >= 4 is 37.6 Å². The molecule has 0 aromatic heterocycles. The number of halogens is 4. The van der Waals surface area contributed by atoms with E-state index in [1.807, 2.05) is 48.5 Å². The molecular weight excluding hydrogens is 834 g/mol. The average molecular weight is 886 g/mol. The molecule has 0 unspecified atom stereocenters. The van der Waals surface area contributed by atoms with E-state index in [0.29, 0.717) is 5.41 Å². The first-order valence-corrected chi connectivity index (χ1v) is 20.9. The van der Waals surface area contributed by atoms with Gasteiger partial charge < -0.3 is 24.8 Å². The number of allylic oxidation sites excluding steroid dienone is 4. The van der Waals surface area contributed by atoms with E-state index < -0.39 is 0 Å². The molecule has 5 aromatic rings. The van der Waals surface area contributed by atoms with Gasteiger partial charge in [0.15, 0.2) is 0 Å². The standard InChI is InChI=1S/C25H25.C13H8Cl2.C12H19.2ClH.Zr/c1-14-12-24(3,4)22-8-16-7-17-9-23-19(15(2)13-25(23,5)6)11-21(17)20(16)10-18(14)22;14-12-5-1-10(2-6-12)9-11-3-7-13(15)8-4-11;1-5-6-10-7-8-11(9-10)12(2,3)4;;;/h8-12H,7H2,1-6H3;1-8H;7-9H,5-6H2,1-4H3;2*1H;/q-1;;-1;;;+2/p-2. The Morgan fingerprint density at radius 3 is 1.75 bits per heavy atom. The first-order chi connectivity index (χ1) is 24.9. The minimum Gasteiger partial charge on any atom is -1.00 e. The van der Waals surface area contributed by atoms with Crippen molar-refractivity contribution in [1.82, 2.24) is 0 Å². The summed E-state index contributed by atoms with van der Waals surface area (Å²) in [4.78, 5) is 0. The van der Waals surface area contributed by atoms with E-state index in [1.54, 1.807) is 0 Å². The Morgan fingerprint density at radius 2 is 1.25 bits per heavy atom. The summed E-state index contributed by atoms with van der Waals surface area (Å²) in [5.41, 5.74) is 20.2. The first-order valence-electron chi connectivity index (χ1n) is 18.9. The monoisotopic (exact) mass is 882 g/mol. The Bertz CT molecular complexity index is 2110. The fourth-order valence-electron chi connectivity index (χ4n) is 8.08. The second-order valence-electron chi connectivity index (χ2n) is 17.1. The van der Waals surface area contributed by atoms with E-state index >= 15 is 0 Å². The van der Waals surface area contributed by atoms with Crippen molar-refractivity contribution in [2.45, 2.75) is 105 Å². The Kier molecular flexibility index (Phi) is 14.5. The van der Waals surface area contributed by atoms with E-state index in [2.05, 4.69) is 124 Å². The van der Waals surface area contributed by atoms with Crippen molar-refractivity contribution in [2.75, 3.05) is 0 Å². The molecule has 5 heteroatoms. The van der Waals surface area contributed by atoms with Crippen LogP contribution in [0.5, 0.6) is 0 Å². The molecule has 0 saturated carbocycles. The van der Waals surface area contributed by atoms with Gasteiger partial charge in [0.05, 0.1) is 0 Å². The van der Waals surface area contributed by atoms with Gasteiger partial charge in [0, 0.05) is 5.41 Å². The van der Waals surface area contributed by atoms with Crippen LogP contribution in [-0.2, 0) is 53.3 Å². The topological polar surface area (TPSA) is 0 Å². The number of rotatable bonds is 4. The molecule has 5 aromatic carbocycles. The maximum absolute atomic E-state index is 5.86. The molecule has 0 spiro atoms. The van der Waals surface area contributed by atoms with Crippen LogP contribution in [0.25, 0.3) is 22.3 Å². The molecule has 0 heterocycles. The summed E-state index contributed by atoms with van der Waals surface area (Å²) in [6.45, 7) is 22.7. The van der Waals surface area contributed by atoms with Gasteiger partial charge in [-0.25, -0.2) is 11.6 Å². The van der Waals surface area contributed by atoms with Crippen LogP contribution in [0.1, 0.15) is 131 Å². The van der Waals surface area contributed by atoms with Crippen LogP contribution in [0.15, 0.2) is 97.1 Å². The van der Waals surface area contributed by atoms with Crippen LogP contribution >= 0.6 is 23.2 Å². The van der Waals surface area contributed by atoms with E-state index in [9.17, 15) is 0 Å². The molecule has 0 amide bonds. The van der Waals surface area contributed by atoms with Gasteiger partial charge in [-0.15, -0.1) is 11.6 Å². The normalized spacial score (nSPS) is 14.9. The fraction of sp³-hybridized carbons (Fsp3) is 0.320. The maximum Gasteiger partial charge on any atom is -1.00 e. The van der Waals surface area contributed by atoms with Gasteiger partial charge in [-0.05, 0) is 58.4 Å². The molecule has 0 radical (unpaired) electrons. The predicted molar refractivity (Wildman–Crippen MR) is 228 cm³/mol. The van der Waals surface area contributed by atoms with Crippen molar-refractivity contribution in [3.63, 3.8) is 0 Å². The molecular formula is C50H52Cl4Zr-2. The van der Waals surface area contributed by atoms with Gasteiger partial charge in [0.25, 0.3) is 0 Å². The third-order valence-electron chi connectivity index (χ3n) is 10.9. The van der Waals surface area contributed by atoms with Crippen LogP contribution in [-0.4, -0.2) is 3.21 Å². The smallest absolute Gasteiger partial charge is 1.00 e. The third kappa shape index (κ3) is 9.85. The summed E-state index contributed by atoms with van der Waals surface area (Å²) in [5.74, 6) is 0. The first kappa shape index (κ1) is 45.3. The molecule has 0 bridgehead atoms. The second kappa shape index (κ2) is 17.6. The largest absolute Gasteiger partial charge is 1.00 e. The molecule has 0 saturated heterocycles. The van der Waals surface area contributed by atoms with Crippen LogP contribution in [0.3, 0.4) is 0 Å². The van der Waals surface area contributed by atoms with Gasteiger partial charge in [0.2, 0.25) is 0 Å². The minimum atomic E-state index is 0. The second-order valence-corrected chi connectivity index (χ2v) is 19.2. The molecule has 0 N–H and O–H groups in total. The number of aryl methyl sites for hydroxylation is 1. The number of fused-ring (bicyclic) bond motifs is 5. The predicted octanol–water partition coefficient (Wildman–Crippen LogP) is 8.22. The summed E-state index contributed by atoms with van der Waals surface area (Å²) in [6, 6.07) is 32.5. The molecule has 0 fully saturated rings. The van der Waals surface area contributed by atoms with E-state index in [4.69, 9.17) is 23.2 Å². The van der Waals surface area contributed by atoms with Crippen molar-refractivity contribution in [3.05, 3.63) is 169 Å². The Balaban J connectivity index is 0.000000195. The zero-order valence-corrected chi connectivity index (χ0v) is 39.4. The maximum atomic E-state index is 5.86. The van der Waals surface area contributed by atoms with Crippen LogP contribution < -0.4 is 24.8 Å². The Hall–Kier alpha value is -2.38. The van der Waals surface area contributed by atoms with Crippen LogP contribution in [0.2, 0.25) is 10.0 Å². The summed E-state index contributed by atoms with van der Waals surface area (Å²) in [5, 5.41) is 1.53. The third-order valence-corrected chi connectivity index (χ3v) is 12.8. The zero-order chi connectivity index (χ0) is 38.5. The summed E-state index contributed by atoms with van der Waals surface area (Å²) < 4.78 is 1.31. The van der Waals surface area contributed by atoms with Gasteiger partial charge in [-0.3, -0.25) is 6.08 Å². The molecule has 0 nitrogen and oxygen atoms in total. The fourth-order valence-corrected chi connectivity index (χ4v) is 9.15. The SMILES string of the molecule is CC1=[C-]C(C)(C)c2cc3c(cc21)-c1cc2c(cc1C3)C(C)(C)C=C2C.CCCc1cc(C(C)(C)C)c[cH-]1.Clc1ccc([C](=[Zr+2])c2ccc(Cl)cc2)cc1.[Cl-].[Cl-]. The summed E-state index contributed by atoms with van der Waals surface area (Å²) >= 11 is 13.1. The number of hydrogen-bond acceptors (Lipinski definition) is 0. The average Bonchev–Trinajstić information content (AvgIpc) is 3.82. The van der Waals surface area contributed by atoms with Crippen LogP contribution in [0.4, 0.5) is 0 Å². The molecule has 3 aliphatic carbocycles. The van der Waals surface area contributed by atoms with E-state index in [-0.39, 0.29) is 35.6 Å². The zero-order valence-electron chi connectivity index (χ0n) is 33.9. The van der Waals surface area contributed by atoms with Crippen LogP contribution in [0, 0.1) is 6.08 Å². The number of benzene rings is 4. The minimum absolute atomic E-state index is 0. The molecule has 55 heavy (non-hydrogen) atoms. The molecule has 0 atom stereocenters. The van der Waals surface area contributed by atoms with E-state index in [0.717, 1.165) is 16.5 Å². The molecule has 286 valence electrons. The number of hydrogen-bond donors (Lipinski definition) is 0. The summed E-state index contributed by atoms with van der Waals surface area (Å²) in [7, 11) is 0. The Morgan fingerprint density at radius 1 is 0.745 bits per heavy atom. The quantitative estimate of drug-likeness (QED) is 0.157. The van der Waals surface area contributed by atoms with Gasteiger partial charge in [-0.1, -0.05) is 104 Å².